The van der Waals surface area contributed by atoms with Crippen molar-refractivity contribution in [1.82, 2.24) is 9.55 Å². The minimum Gasteiger partial charge on any atom is -0.384 e. The van der Waals surface area contributed by atoms with Crippen molar-refractivity contribution >= 4 is 17.6 Å². The van der Waals surface area contributed by atoms with Gasteiger partial charge in [-0.25, -0.2) is 4.98 Å². The van der Waals surface area contributed by atoms with Crippen LogP contribution >= 0.6 is 11.8 Å². The number of hydrogen-bond donors (Lipinski definition) is 1. The zero-order valence-corrected chi connectivity index (χ0v) is 8.56. The molecular weight excluding hydrogens is 170 g/mol. The highest BCUT2D eigenvalue weighted by molar-refractivity contribution is 7.99. The molecule has 1 rings (SSSR count). The summed E-state index contributed by atoms with van der Waals surface area (Å²) >= 11 is 1.74. The standard InChI is InChI=1S/C8H15N3S/c1-4-11-7(9)5-10-8(11)12-6(2)3/h5-6H,4,9H2,1-3H3. The van der Waals surface area contributed by atoms with E-state index in [4.69, 9.17) is 5.73 Å². The van der Waals surface area contributed by atoms with Crippen LogP contribution < -0.4 is 5.73 Å². The lowest BCUT2D eigenvalue weighted by Gasteiger charge is -2.07. The Kier molecular flexibility index (Phi) is 3.03. The molecule has 0 radical (unpaired) electrons. The third-order valence-corrected chi connectivity index (χ3v) is 2.52. The van der Waals surface area contributed by atoms with Crippen LogP contribution in [-0.4, -0.2) is 14.8 Å². The first-order valence-electron chi connectivity index (χ1n) is 4.12. The summed E-state index contributed by atoms with van der Waals surface area (Å²) in [7, 11) is 0. The van der Waals surface area contributed by atoms with Gasteiger partial charge in [0.1, 0.15) is 5.82 Å². The second-order valence-corrected chi connectivity index (χ2v) is 4.42. The topological polar surface area (TPSA) is 43.8 Å². The molecule has 0 aromatic carbocycles. The van der Waals surface area contributed by atoms with Crippen molar-refractivity contribution < 1.29 is 0 Å². The van der Waals surface area contributed by atoms with Crippen molar-refractivity contribution in [2.45, 2.75) is 37.7 Å². The largest absolute Gasteiger partial charge is 0.384 e. The molecule has 0 saturated heterocycles. The summed E-state index contributed by atoms with van der Waals surface area (Å²) in [5.41, 5.74) is 5.71. The molecular formula is C8H15N3S. The van der Waals surface area contributed by atoms with Crippen LogP contribution in [-0.2, 0) is 6.54 Å². The van der Waals surface area contributed by atoms with Crippen molar-refractivity contribution in [2.75, 3.05) is 5.73 Å². The minimum absolute atomic E-state index is 0.553. The Morgan fingerprint density at radius 2 is 2.33 bits per heavy atom. The smallest absolute Gasteiger partial charge is 0.169 e. The van der Waals surface area contributed by atoms with E-state index in [1.54, 1.807) is 18.0 Å². The number of nitrogens with zero attached hydrogens (tertiary/aromatic N) is 2. The molecule has 0 unspecified atom stereocenters. The average Bonchev–Trinajstić information content (AvgIpc) is 2.30. The maximum absolute atomic E-state index is 5.71. The number of nitrogen functional groups attached to an aromatic ring is 1. The number of aromatic nitrogens is 2. The fraction of sp³-hybridized carbons (Fsp3) is 0.625. The van der Waals surface area contributed by atoms with Crippen molar-refractivity contribution in [2.24, 2.45) is 0 Å². The number of imidazole rings is 1. The molecule has 0 aliphatic carbocycles. The maximum atomic E-state index is 5.71. The highest BCUT2D eigenvalue weighted by atomic mass is 32.2. The zero-order valence-electron chi connectivity index (χ0n) is 7.74. The summed E-state index contributed by atoms with van der Waals surface area (Å²) < 4.78 is 2.02. The van der Waals surface area contributed by atoms with Crippen LogP contribution in [0.3, 0.4) is 0 Å². The molecule has 0 spiro atoms. The van der Waals surface area contributed by atoms with E-state index in [0.29, 0.717) is 5.25 Å². The third-order valence-electron chi connectivity index (χ3n) is 1.51. The molecule has 0 amide bonds. The second-order valence-electron chi connectivity index (χ2n) is 2.88. The zero-order chi connectivity index (χ0) is 9.14. The quantitative estimate of drug-likeness (QED) is 0.732. The van der Waals surface area contributed by atoms with Gasteiger partial charge >= 0.3 is 0 Å². The monoisotopic (exact) mass is 185 g/mol. The fourth-order valence-corrected chi connectivity index (χ4v) is 1.89. The third kappa shape index (κ3) is 1.94. The first kappa shape index (κ1) is 9.45. The van der Waals surface area contributed by atoms with E-state index in [0.717, 1.165) is 17.5 Å². The Morgan fingerprint density at radius 1 is 1.67 bits per heavy atom. The summed E-state index contributed by atoms with van der Waals surface area (Å²) in [6, 6.07) is 0. The summed E-state index contributed by atoms with van der Waals surface area (Å²) in [5, 5.41) is 1.57. The predicted octanol–water partition coefficient (Wildman–Crippen LogP) is 1.99. The molecule has 12 heavy (non-hydrogen) atoms. The number of thioether (sulfide) groups is 1. The molecule has 0 fully saturated rings. The van der Waals surface area contributed by atoms with Gasteiger partial charge in [0.2, 0.25) is 0 Å². The van der Waals surface area contributed by atoms with Gasteiger partial charge in [0.05, 0.1) is 6.20 Å². The molecule has 0 aliphatic heterocycles. The van der Waals surface area contributed by atoms with E-state index in [1.807, 2.05) is 4.57 Å². The highest BCUT2D eigenvalue weighted by Crippen LogP contribution is 2.23. The molecule has 0 bridgehead atoms. The highest BCUT2D eigenvalue weighted by Gasteiger charge is 2.07. The van der Waals surface area contributed by atoms with Crippen LogP contribution in [0.1, 0.15) is 20.8 Å². The van der Waals surface area contributed by atoms with Crippen LogP contribution in [0.5, 0.6) is 0 Å². The Bertz CT molecular complexity index is 255. The molecule has 68 valence electrons. The van der Waals surface area contributed by atoms with Crippen LogP contribution in [0.15, 0.2) is 11.4 Å². The van der Waals surface area contributed by atoms with Gasteiger partial charge in [0, 0.05) is 11.8 Å². The second kappa shape index (κ2) is 3.85. The Labute approximate surface area is 77.4 Å². The van der Waals surface area contributed by atoms with Crippen LogP contribution in [0.4, 0.5) is 5.82 Å². The van der Waals surface area contributed by atoms with E-state index >= 15 is 0 Å². The predicted molar refractivity (Wildman–Crippen MR) is 53.3 cm³/mol. The average molecular weight is 185 g/mol. The van der Waals surface area contributed by atoms with E-state index in [1.165, 1.54) is 0 Å². The van der Waals surface area contributed by atoms with Crippen molar-refractivity contribution in [3.8, 4) is 0 Å². The lowest BCUT2D eigenvalue weighted by molar-refractivity contribution is 0.688. The molecule has 4 heteroatoms. The Balaban J connectivity index is 2.84. The fourth-order valence-electron chi connectivity index (χ4n) is 0.994. The Morgan fingerprint density at radius 3 is 2.83 bits per heavy atom. The van der Waals surface area contributed by atoms with Gasteiger partial charge in [-0.3, -0.25) is 0 Å². The van der Waals surface area contributed by atoms with Gasteiger partial charge in [0.15, 0.2) is 5.16 Å². The van der Waals surface area contributed by atoms with Gasteiger partial charge in [0.25, 0.3) is 0 Å². The van der Waals surface area contributed by atoms with Crippen molar-refractivity contribution in [3.05, 3.63) is 6.20 Å². The number of anilines is 1. The normalized spacial score (nSPS) is 11.0. The Hall–Kier alpha value is -0.640. The molecule has 0 saturated carbocycles. The first-order valence-corrected chi connectivity index (χ1v) is 5.00. The molecule has 0 aliphatic rings. The van der Waals surface area contributed by atoms with Gasteiger partial charge in [-0.2, -0.15) is 0 Å². The van der Waals surface area contributed by atoms with Crippen molar-refractivity contribution in [1.29, 1.82) is 0 Å². The van der Waals surface area contributed by atoms with Gasteiger partial charge in [-0.15, -0.1) is 0 Å². The summed E-state index contributed by atoms with van der Waals surface area (Å²) in [6.07, 6.45) is 1.72. The number of nitrogens with two attached hydrogens (primary N) is 1. The lowest BCUT2D eigenvalue weighted by Crippen LogP contribution is -2.02. The molecule has 1 aromatic heterocycles. The van der Waals surface area contributed by atoms with Crippen LogP contribution in [0.25, 0.3) is 0 Å². The summed E-state index contributed by atoms with van der Waals surface area (Å²) in [6.45, 7) is 7.26. The maximum Gasteiger partial charge on any atom is 0.169 e. The van der Waals surface area contributed by atoms with E-state index in [-0.39, 0.29) is 0 Å². The summed E-state index contributed by atoms with van der Waals surface area (Å²) in [4.78, 5) is 4.23. The minimum atomic E-state index is 0.553. The van der Waals surface area contributed by atoms with Crippen LogP contribution in [0, 0.1) is 0 Å². The van der Waals surface area contributed by atoms with E-state index < -0.39 is 0 Å². The van der Waals surface area contributed by atoms with Crippen LogP contribution in [0.2, 0.25) is 0 Å². The lowest BCUT2D eigenvalue weighted by atomic mass is 10.6. The molecule has 1 aromatic rings. The van der Waals surface area contributed by atoms with E-state index in [2.05, 4.69) is 25.8 Å². The number of rotatable bonds is 3. The van der Waals surface area contributed by atoms with E-state index in [9.17, 15) is 0 Å². The number of hydrogen-bond acceptors (Lipinski definition) is 3. The first-order chi connectivity index (χ1) is 5.65. The molecule has 3 nitrogen and oxygen atoms in total. The van der Waals surface area contributed by atoms with Gasteiger partial charge in [-0.05, 0) is 6.92 Å². The van der Waals surface area contributed by atoms with Gasteiger partial charge in [-0.1, -0.05) is 25.6 Å². The SMILES string of the molecule is CCn1c(N)cnc1SC(C)C. The summed E-state index contributed by atoms with van der Waals surface area (Å²) in [5.74, 6) is 0.751. The molecule has 2 N–H and O–H groups in total. The van der Waals surface area contributed by atoms with Gasteiger partial charge < -0.3 is 10.3 Å². The molecule has 0 atom stereocenters. The van der Waals surface area contributed by atoms with Crippen molar-refractivity contribution in [3.63, 3.8) is 0 Å². The molecule has 1 heterocycles.